The number of rotatable bonds is 6. The van der Waals surface area contributed by atoms with Crippen molar-refractivity contribution in [1.29, 1.82) is 0 Å². The fraction of sp³-hybridized carbons (Fsp3) is 0.455. The van der Waals surface area contributed by atoms with Gasteiger partial charge in [0.15, 0.2) is 0 Å². The predicted octanol–water partition coefficient (Wildman–Crippen LogP) is 3.39. The van der Waals surface area contributed by atoms with Crippen LogP contribution < -0.4 is 4.74 Å². The minimum Gasteiger partial charge on any atom is -0.492 e. The number of hydrogen-bond donors (Lipinski definition) is 0. The van der Waals surface area contributed by atoms with Gasteiger partial charge in [0.05, 0.1) is 11.1 Å². The minimum absolute atomic E-state index is 0.294. The van der Waals surface area contributed by atoms with Crippen molar-refractivity contribution in [1.82, 2.24) is 0 Å². The molecular formula is C11H14BrFO2. The smallest absolute Gasteiger partial charge is 0.136 e. The van der Waals surface area contributed by atoms with Crippen LogP contribution in [-0.4, -0.2) is 19.8 Å². The van der Waals surface area contributed by atoms with Crippen molar-refractivity contribution in [2.45, 2.75) is 13.3 Å². The molecule has 15 heavy (non-hydrogen) atoms. The first-order valence-electron chi connectivity index (χ1n) is 4.89. The van der Waals surface area contributed by atoms with E-state index in [9.17, 15) is 4.39 Å². The molecule has 1 aromatic carbocycles. The molecule has 0 aliphatic carbocycles. The first-order valence-corrected chi connectivity index (χ1v) is 5.69. The summed E-state index contributed by atoms with van der Waals surface area (Å²) in [4.78, 5) is 0. The van der Waals surface area contributed by atoms with E-state index in [4.69, 9.17) is 9.47 Å². The summed E-state index contributed by atoms with van der Waals surface area (Å²) in [5.74, 6) is 0.240. The van der Waals surface area contributed by atoms with Gasteiger partial charge in [0.25, 0.3) is 0 Å². The van der Waals surface area contributed by atoms with Crippen LogP contribution in [0.2, 0.25) is 0 Å². The van der Waals surface area contributed by atoms with Gasteiger partial charge in [-0.1, -0.05) is 0 Å². The molecule has 0 fully saturated rings. The summed E-state index contributed by atoms with van der Waals surface area (Å²) < 4.78 is 24.2. The maximum atomic E-state index is 12.9. The average molecular weight is 277 g/mol. The van der Waals surface area contributed by atoms with E-state index in [0.717, 1.165) is 10.9 Å². The molecule has 4 heteroatoms. The van der Waals surface area contributed by atoms with E-state index in [1.807, 2.05) is 6.92 Å². The van der Waals surface area contributed by atoms with E-state index >= 15 is 0 Å². The molecule has 0 saturated heterocycles. The van der Waals surface area contributed by atoms with Gasteiger partial charge in [-0.3, -0.25) is 0 Å². The molecule has 0 amide bonds. The van der Waals surface area contributed by atoms with Gasteiger partial charge in [-0.2, -0.15) is 0 Å². The zero-order valence-corrected chi connectivity index (χ0v) is 10.2. The Morgan fingerprint density at radius 3 is 2.87 bits per heavy atom. The maximum Gasteiger partial charge on any atom is 0.136 e. The zero-order chi connectivity index (χ0) is 11.1. The molecule has 0 heterocycles. The van der Waals surface area contributed by atoms with Crippen LogP contribution in [0.1, 0.15) is 13.3 Å². The normalized spacial score (nSPS) is 10.3. The van der Waals surface area contributed by atoms with Crippen LogP contribution in [-0.2, 0) is 4.74 Å². The average Bonchev–Trinajstić information content (AvgIpc) is 2.23. The lowest BCUT2D eigenvalue weighted by atomic mass is 10.3. The summed E-state index contributed by atoms with van der Waals surface area (Å²) >= 11 is 3.29. The summed E-state index contributed by atoms with van der Waals surface area (Å²) in [6.07, 6.45) is 0.802. The van der Waals surface area contributed by atoms with Crippen molar-refractivity contribution in [2.24, 2.45) is 0 Å². The number of benzene rings is 1. The fourth-order valence-corrected chi connectivity index (χ4v) is 1.44. The van der Waals surface area contributed by atoms with Crippen molar-refractivity contribution < 1.29 is 13.9 Å². The van der Waals surface area contributed by atoms with E-state index in [1.54, 1.807) is 6.07 Å². The third kappa shape index (κ3) is 4.62. The predicted molar refractivity (Wildman–Crippen MR) is 60.7 cm³/mol. The van der Waals surface area contributed by atoms with E-state index < -0.39 is 0 Å². The Balaban J connectivity index is 2.33. The summed E-state index contributed by atoms with van der Waals surface area (Å²) in [5, 5.41) is 0. The van der Waals surface area contributed by atoms with Gasteiger partial charge in [0.2, 0.25) is 0 Å². The van der Waals surface area contributed by atoms with Crippen molar-refractivity contribution in [3.63, 3.8) is 0 Å². The molecule has 0 unspecified atom stereocenters. The Morgan fingerprint density at radius 1 is 1.33 bits per heavy atom. The molecule has 0 aliphatic heterocycles. The van der Waals surface area contributed by atoms with E-state index in [2.05, 4.69) is 15.9 Å². The summed E-state index contributed by atoms with van der Waals surface area (Å²) in [6, 6.07) is 4.38. The van der Waals surface area contributed by atoms with Crippen LogP contribution >= 0.6 is 15.9 Å². The Hall–Kier alpha value is -0.610. The van der Waals surface area contributed by atoms with E-state index in [-0.39, 0.29) is 5.82 Å². The Kier molecular flexibility index (Phi) is 5.65. The number of hydrogen-bond acceptors (Lipinski definition) is 2. The maximum absolute atomic E-state index is 12.9. The Morgan fingerprint density at radius 2 is 2.13 bits per heavy atom. The molecule has 2 nitrogen and oxygen atoms in total. The van der Waals surface area contributed by atoms with Crippen LogP contribution in [0.4, 0.5) is 4.39 Å². The second-order valence-electron chi connectivity index (χ2n) is 2.97. The molecule has 0 atom stereocenters. The van der Waals surface area contributed by atoms with Gasteiger partial charge in [0, 0.05) is 25.7 Å². The monoisotopic (exact) mass is 276 g/mol. The molecule has 0 spiro atoms. The summed E-state index contributed by atoms with van der Waals surface area (Å²) in [7, 11) is 0. The molecule has 0 aliphatic rings. The van der Waals surface area contributed by atoms with Crippen molar-refractivity contribution in [3.05, 3.63) is 28.5 Å². The second kappa shape index (κ2) is 6.80. The molecular weight excluding hydrogens is 263 g/mol. The van der Waals surface area contributed by atoms with Crippen molar-refractivity contribution >= 4 is 15.9 Å². The highest BCUT2D eigenvalue weighted by Crippen LogP contribution is 2.25. The van der Waals surface area contributed by atoms with Gasteiger partial charge in [0.1, 0.15) is 11.6 Å². The fourth-order valence-electron chi connectivity index (χ4n) is 1.08. The van der Waals surface area contributed by atoms with Crippen LogP contribution in [0.5, 0.6) is 5.75 Å². The quantitative estimate of drug-likeness (QED) is 0.742. The van der Waals surface area contributed by atoms with Crippen LogP contribution in [0.15, 0.2) is 22.7 Å². The third-order valence-electron chi connectivity index (χ3n) is 1.79. The molecule has 1 aromatic rings. The minimum atomic E-state index is -0.294. The molecule has 0 bridgehead atoms. The van der Waals surface area contributed by atoms with Gasteiger partial charge in [-0.25, -0.2) is 4.39 Å². The number of ether oxygens (including phenoxy) is 2. The summed E-state index contributed by atoms with van der Waals surface area (Å²) in [5.41, 5.74) is 0. The van der Waals surface area contributed by atoms with Crippen molar-refractivity contribution in [3.8, 4) is 5.75 Å². The van der Waals surface area contributed by atoms with Gasteiger partial charge >= 0.3 is 0 Å². The molecule has 0 N–H and O–H groups in total. The lowest BCUT2D eigenvalue weighted by Gasteiger charge is -2.07. The standard InChI is InChI=1S/C11H14BrFO2/c1-2-14-6-3-7-15-11-8-9(13)4-5-10(11)12/h4-5,8H,2-3,6-7H2,1H3. The summed E-state index contributed by atoms with van der Waals surface area (Å²) in [6.45, 7) is 3.86. The first-order chi connectivity index (χ1) is 7.24. The number of halogens is 2. The Bertz CT molecular complexity index is 305. The third-order valence-corrected chi connectivity index (χ3v) is 2.44. The zero-order valence-electron chi connectivity index (χ0n) is 8.63. The second-order valence-corrected chi connectivity index (χ2v) is 3.83. The van der Waals surface area contributed by atoms with E-state index in [1.165, 1.54) is 12.1 Å². The van der Waals surface area contributed by atoms with Gasteiger partial charge in [-0.05, 0) is 35.0 Å². The highest BCUT2D eigenvalue weighted by Gasteiger charge is 2.02. The topological polar surface area (TPSA) is 18.5 Å². The van der Waals surface area contributed by atoms with E-state index in [0.29, 0.717) is 25.6 Å². The first kappa shape index (κ1) is 12.5. The highest BCUT2D eigenvalue weighted by atomic mass is 79.9. The van der Waals surface area contributed by atoms with Crippen LogP contribution in [0.3, 0.4) is 0 Å². The highest BCUT2D eigenvalue weighted by molar-refractivity contribution is 9.10. The molecule has 0 radical (unpaired) electrons. The molecule has 0 saturated carbocycles. The van der Waals surface area contributed by atoms with Gasteiger partial charge < -0.3 is 9.47 Å². The van der Waals surface area contributed by atoms with Gasteiger partial charge in [-0.15, -0.1) is 0 Å². The molecule has 0 aromatic heterocycles. The SMILES string of the molecule is CCOCCCOc1cc(F)ccc1Br. The van der Waals surface area contributed by atoms with Crippen LogP contribution in [0.25, 0.3) is 0 Å². The Labute approximate surface area is 97.5 Å². The lowest BCUT2D eigenvalue weighted by Crippen LogP contribution is -2.03. The molecule has 1 rings (SSSR count). The van der Waals surface area contributed by atoms with Crippen molar-refractivity contribution in [2.75, 3.05) is 19.8 Å². The largest absolute Gasteiger partial charge is 0.492 e. The van der Waals surface area contributed by atoms with Crippen LogP contribution in [0, 0.1) is 5.82 Å². The lowest BCUT2D eigenvalue weighted by molar-refractivity contribution is 0.130. The molecule has 84 valence electrons.